The average Bonchev–Trinajstić information content (AvgIpc) is 2.97. The maximum Gasteiger partial charge on any atom is 0.305 e. The van der Waals surface area contributed by atoms with Gasteiger partial charge in [0.15, 0.2) is 0 Å². The van der Waals surface area contributed by atoms with Crippen LogP contribution in [0.25, 0.3) is 0 Å². The van der Waals surface area contributed by atoms with Crippen LogP contribution in [0.1, 0.15) is 119 Å². The minimum atomic E-state index is -0.145. The highest BCUT2D eigenvalue weighted by Crippen LogP contribution is 2.61. The molecule has 0 saturated heterocycles. The van der Waals surface area contributed by atoms with Crippen LogP contribution in [0.4, 0.5) is 0 Å². The first-order valence-corrected chi connectivity index (χ1v) is 16.7. The van der Waals surface area contributed by atoms with Gasteiger partial charge in [-0.15, -0.1) is 23.7 Å². The zero-order valence-corrected chi connectivity index (χ0v) is 27.5. The molecule has 0 amide bonds. The highest BCUT2D eigenvalue weighted by atomic mass is 16.5. The molecule has 0 aromatic heterocycles. The number of rotatable bonds is 10. The second-order valence-electron chi connectivity index (χ2n) is 14.1. The molecule has 0 aliphatic heterocycles. The summed E-state index contributed by atoms with van der Waals surface area (Å²) < 4.78 is 9.77. The normalized spacial score (nSPS) is 31.3. The van der Waals surface area contributed by atoms with Crippen LogP contribution in [0.2, 0.25) is 0 Å². The van der Waals surface area contributed by atoms with Crippen LogP contribution in [0.5, 0.6) is 0 Å². The summed E-state index contributed by atoms with van der Waals surface area (Å²) in [6.07, 6.45) is 10.4. The molecule has 7 nitrogen and oxygen atoms in total. The third-order valence-electron chi connectivity index (χ3n) is 11.0. The van der Waals surface area contributed by atoms with Gasteiger partial charge in [0.1, 0.15) is 0 Å². The van der Waals surface area contributed by atoms with Gasteiger partial charge in [-0.1, -0.05) is 32.9 Å². The predicted molar refractivity (Wildman–Crippen MR) is 170 cm³/mol. The van der Waals surface area contributed by atoms with Crippen LogP contribution in [0.15, 0.2) is 5.16 Å². The van der Waals surface area contributed by atoms with Crippen LogP contribution in [0, 0.1) is 70.0 Å². The van der Waals surface area contributed by atoms with Crippen LogP contribution in [0.3, 0.4) is 0 Å². The van der Waals surface area contributed by atoms with Crippen molar-refractivity contribution in [3.05, 3.63) is 0 Å². The molecule has 43 heavy (non-hydrogen) atoms. The van der Waals surface area contributed by atoms with E-state index in [1.54, 1.807) is 0 Å². The molecule has 7 atom stereocenters. The van der Waals surface area contributed by atoms with Crippen molar-refractivity contribution in [2.24, 2.45) is 57.2 Å². The number of ether oxygens (including phenoxy) is 2. The first-order chi connectivity index (χ1) is 20.5. The summed E-state index contributed by atoms with van der Waals surface area (Å²) in [6, 6.07) is 0.318. The number of hydrogen-bond acceptors (Lipinski definition) is 7. The summed E-state index contributed by atoms with van der Waals surface area (Å²) in [7, 11) is 0. The van der Waals surface area contributed by atoms with Gasteiger partial charge in [-0.2, -0.15) is 0 Å². The molecule has 6 aliphatic rings. The Labute approximate surface area is 260 Å². The molecule has 4 bridgehead atoms. The highest BCUT2D eigenvalue weighted by Gasteiger charge is 2.57. The summed E-state index contributed by atoms with van der Waals surface area (Å²) in [4.78, 5) is 22.4. The fourth-order valence-corrected chi connectivity index (χ4v) is 7.87. The van der Waals surface area contributed by atoms with Gasteiger partial charge >= 0.3 is 11.9 Å². The Kier molecular flexibility index (Phi) is 13.0. The third kappa shape index (κ3) is 8.78. The van der Waals surface area contributed by atoms with Crippen molar-refractivity contribution in [2.75, 3.05) is 13.2 Å². The summed E-state index contributed by atoms with van der Waals surface area (Å²) in [6.45, 7) is 13.8. The molecule has 0 heterocycles. The number of fused-ring (bicyclic) bond motifs is 4. The molecule has 6 fully saturated rings. The Morgan fingerprint density at radius 1 is 0.837 bits per heavy atom. The summed E-state index contributed by atoms with van der Waals surface area (Å²) in [5, 5.41) is 12.9. The van der Waals surface area contributed by atoms with Crippen LogP contribution < -0.4 is 5.73 Å². The molecular weight excluding hydrogens is 540 g/mol. The van der Waals surface area contributed by atoms with Gasteiger partial charge in [-0.3, -0.25) is 9.59 Å². The van der Waals surface area contributed by atoms with Crippen molar-refractivity contribution in [1.29, 1.82) is 0 Å². The minimum Gasteiger partial charge on any atom is -0.466 e. The monoisotopic (exact) mass is 596 g/mol. The van der Waals surface area contributed by atoms with E-state index in [1.165, 1.54) is 12.8 Å². The Balaban J connectivity index is 0.000000236. The van der Waals surface area contributed by atoms with Crippen molar-refractivity contribution in [2.45, 2.75) is 125 Å². The third-order valence-corrected chi connectivity index (χ3v) is 11.0. The zero-order valence-electron chi connectivity index (χ0n) is 27.5. The highest BCUT2D eigenvalue weighted by molar-refractivity contribution is 5.91. The molecule has 240 valence electrons. The molecule has 6 aliphatic carbocycles. The van der Waals surface area contributed by atoms with Crippen molar-refractivity contribution < 1.29 is 24.3 Å². The first-order valence-electron chi connectivity index (χ1n) is 16.7. The maximum absolute atomic E-state index is 11.2. The second-order valence-corrected chi connectivity index (χ2v) is 14.1. The number of nitrogens with zero attached hydrogens (tertiary/aromatic N) is 1. The number of carbonyl (C=O) groups excluding carboxylic acids is 2. The number of oxime groups is 1. The Bertz CT molecular complexity index is 1100. The van der Waals surface area contributed by atoms with E-state index >= 15 is 0 Å². The lowest BCUT2D eigenvalue weighted by Crippen LogP contribution is -2.61. The van der Waals surface area contributed by atoms with E-state index in [2.05, 4.69) is 56.5 Å². The molecule has 7 heteroatoms. The van der Waals surface area contributed by atoms with E-state index in [-0.39, 0.29) is 17.4 Å². The average molecular weight is 597 g/mol. The molecule has 0 aromatic rings. The van der Waals surface area contributed by atoms with Crippen molar-refractivity contribution in [3.63, 3.8) is 0 Å². The molecule has 0 spiro atoms. The molecule has 3 N–H and O–H groups in total. The van der Waals surface area contributed by atoms with Gasteiger partial charge < -0.3 is 20.4 Å². The van der Waals surface area contributed by atoms with Crippen molar-refractivity contribution in [1.82, 2.24) is 0 Å². The number of hydrogen-bond donors (Lipinski definition) is 2. The fourth-order valence-electron chi connectivity index (χ4n) is 7.87. The standard InChI is InChI=1S/C18H27NO3.C18H29NO2/c1-4-22-16(20)10-8-6-5-7-9-13-11-14-12-15(17(13)19-21)18(14,2)3;1-4-21-16(20)10-8-6-5-7-9-13-11-14-12-15(17(13)19)18(14,2)3/h13-15,21H,4,6,8-12H2,1-3H3;13-15,17H,4,6,8-12,19H2,1-3H3. The Morgan fingerprint density at radius 2 is 1.40 bits per heavy atom. The van der Waals surface area contributed by atoms with E-state index in [0.717, 1.165) is 68.9 Å². The van der Waals surface area contributed by atoms with Gasteiger partial charge in [0.2, 0.25) is 0 Å². The van der Waals surface area contributed by atoms with E-state index in [9.17, 15) is 14.8 Å². The topological polar surface area (TPSA) is 111 Å². The SMILES string of the molecule is CCOC(=O)CCCC#CCC1CC2CC(C1=NO)C2(C)C.CCOC(=O)CCCC#CCC1CC2CC(C1N)C2(C)C. The van der Waals surface area contributed by atoms with Gasteiger partial charge in [0.05, 0.1) is 18.9 Å². The fraction of sp³-hybridized carbons (Fsp3) is 0.806. The summed E-state index contributed by atoms with van der Waals surface area (Å²) in [5.41, 5.74) is 8.10. The number of nitrogens with two attached hydrogens (primary N) is 1. The predicted octanol–water partition coefficient (Wildman–Crippen LogP) is 6.75. The maximum atomic E-state index is 11.2. The smallest absolute Gasteiger partial charge is 0.305 e. The van der Waals surface area contributed by atoms with Gasteiger partial charge in [-0.05, 0) is 86.9 Å². The summed E-state index contributed by atoms with van der Waals surface area (Å²) >= 11 is 0. The van der Waals surface area contributed by atoms with Crippen LogP contribution in [-0.2, 0) is 19.1 Å². The minimum absolute atomic E-state index is 0.115. The Hall–Kier alpha value is -2.51. The zero-order chi connectivity index (χ0) is 31.6. The number of unbranched alkanes of at least 4 members (excludes halogenated alkanes) is 2. The van der Waals surface area contributed by atoms with Crippen molar-refractivity contribution >= 4 is 17.7 Å². The molecule has 7 unspecified atom stereocenters. The van der Waals surface area contributed by atoms with Gasteiger partial charge in [0, 0.05) is 56.4 Å². The van der Waals surface area contributed by atoms with E-state index in [4.69, 9.17) is 15.2 Å². The van der Waals surface area contributed by atoms with Gasteiger partial charge in [0.25, 0.3) is 0 Å². The second kappa shape index (κ2) is 16.0. The molecule has 0 aromatic carbocycles. The lowest BCUT2D eigenvalue weighted by molar-refractivity contribution is -0.144. The number of esters is 2. The number of carbonyl (C=O) groups is 2. The van der Waals surface area contributed by atoms with Crippen LogP contribution in [-0.4, -0.2) is 42.1 Å². The lowest BCUT2D eigenvalue weighted by Gasteiger charge is -2.61. The molecule has 0 radical (unpaired) electrons. The van der Waals surface area contributed by atoms with E-state index < -0.39 is 0 Å². The molecular formula is C36H56N2O5. The largest absolute Gasteiger partial charge is 0.466 e. The first kappa shape index (κ1) is 35.0. The van der Waals surface area contributed by atoms with E-state index in [0.29, 0.717) is 61.2 Å². The van der Waals surface area contributed by atoms with Crippen LogP contribution >= 0.6 is 0 Å². The molecule has 6 rings (SSSR count). The quantitative estimate of drug-likeness (QED) is 0.0949. The van der Waals surface area contributed by atoms with E-state index in [1.807, 2.05) is 13.8 Å². The van der Waals surface area contributed by atoms with Gasteiger partial charge in [-0.25, -0.2) is 0 Å². The molecule has 6 saturated carbocycles. The van der Waals surface area contributed by atoms with Crippen molar-refractivity contribution in [3.8, 4) is 23.7 Å². The lowest BCUT2D eigenvalue weighted by atomic mass is 9.45. The Morgan fingerprint density at radius 3 is 1.88 bits per heavy atom. The summed E-state index contributed by atoms with van der Waals surface area (Å²) in [5.74, 6) is 16.1.